The van der Waals surface area contributed by atoms with E-state index < -0.39 is 0 Å². The summed E-state index contributed by atoms with van der Waals surface area (Å²) >= 11 is 1.67. The van der Waals surface area contributed by atoms with Crippen molar-refractivity contribution in [3.63, 3.8) is 0 Å². The largest absolute Gasteiger partial charge is 0.347 e. The first kappa shape index (κ1) is 13.8. The molecule has 0 bridgehead atoms. The number of hydrogen-bond acceptors (Lipinski definition) is 3. The SMILES string of the molecule is CCC(C(=O)N(C)C)n1ncc(C)c1-c1cccs1. The first-order chi connectivity index (χ1) is 9.06. The average molecular weight is 277 g/mol. The Balaban J connectivity index is 2.48. The van der Waals surface area contributed by atoms with E-state index in [0.29, 0.717) is 0 Å². The molecule has 1 unspecified atom stereocenters. The van der Waals surface area contributed by atoms with Gasteiger partial charge < -0.3 is 4.90 Å². The zero-order valence-electron chi connectivity index (χ0n) is 11.8. The van der Waals surface area contributed by atoms with Crippen LogP contribution in [-0.4, -0.2) is 34.7 Å². The van der Waals surface area contributed by atoms with Crippen LogP contribution in [0.3, 0.4) is 0 Å². The highest BCUT2D eigenvalue weighted by Gasteiger charge is 2.25. The maximum absolute atomic E-state index is 12.3. The number of hydrogen-bond donors (Lipinski definition) is 0. The van der Waals surface area contributed by atoms with Gasteiger partial charge in [0.1, 0.15) is 6.04 Å². The van der Waals surface area contributed by atoms with Gasteiger partial charge in [-0.25, -0.2) is 0 Å². The Bertz CT molecular complexity index is 557. The van der Waals surface area contributed by atoms with Crippen molar-refractivity contribution in [1.82, 2.24) is 14.7 Å². The zero-order chi connectivity index (χ0) is 14.0. The summed E-state index contributed by atoms with van der Waals surface area (Å²) in [6.45, 7) is 4.05. The van der Waals surface area contributed by atoms with Crippen LogP contribution in [0.4, 0.5) is 0 Å². The van der Waals surface area contributed by atoms with Crippen LogP contribution in [0.1, 0.15) is 24.9 Å². The fraction of sp³-hybridized carbons (Fsp3) is 0.429. The molecule has 0 spiro atoms. The van der Waals surface area contributed by atoms with Crippen LogP contribution in [-0.2, 0) is 4.79 Å². The van der Waals surface area contributed by atoms with Gasteiger partial charge >= 0.3 is 0 Å². The lowest BCUT2D eigenvalue weighted by Crippen LogP contribution is -2.32. The summed E-state index contributed by atoms with van der Waals surface area (Å²) in [5, 5.41) is 6.46. The second-order valence-corrected chi connectivity index (χ2v) is 5.70. The molecule has 0 saturated carbocycles. The summed E-state index contributed by atoms with van der Waals surface area (Å²) < 4.78 is 1.86. The second kappa shape index (κ2) is 5.57. The summed E-state index contributed by atoms with van der Waals surface area (Å²) in [6, 6.07) is 3.85. The molecule has 1 atom stereocenters. The average Bonchev–Trinajstić information content (AvgIpc) is 2.99. The quantitative estimate of drug-likeness (QED) is 0.861. The van der Waals surface area contributed by atoms with Crippen LogP contribution in [0.15, 0.2) is 23.7 Å². The molecule has 102 valence electrons. The van der Waals surface area contributed by atoms with E-state index in [0.717, 1.165) is 22.6 Å². The van der Waals surface area contributed by atoms with Crippen LogP contribution < -0.4 is 0 Å². The third kappa shape index (κ3) is 2.56. The normalized spacial score (nSPS) is 12.4. The molecule has 0 aromatic carbocycles. The monoisotopic (exact) mass is 277 g/mol. The molecule has 4 nitrogen and oxygen atoms in total. The van der Waals surface area contributed by atoms with Gasteiger partial charge in [0.2, 0.25) is 5.91 Å². The summed E-state index contributed by atoms with van der Waals surface area (Å²) in [5.74, 6) is 0.0865. The molecule has 2 aromatic rings. The third-order valence-electron chi connectivity index (χ3n) is 3.14. The number of carbonyl (C=O) groups is 1. The predicted octanol–water partition coefficient (Wildman–Crippen LogP) is 2.96. The Morgan fingerprint density at radius 2 is 2.26 bits per heavy atom. The van der Waals surface area contributed by atoms with Gasteiger partial charge in [-0.05, 0) is 30.4 Å². The topological polar surface area (TPSA) is 38.1 Å². The highest BCUT2D eigenvalue weighted by molar-refractivity contribution is 7.13. The highest BCUT2D eigenvalue weighted by Crippen LogP contribution is 2.31. The molecule has 2 rings (SSSR count). The van der Waals surface area contributed by atoms with Gasteiger partial charge in [-0.2, -0.15) is 5.10 Å². The van der Waals surface area contributed by atoms with E-state index in [2.05, 4.69) is 11.2 Å². The number of likely N-dealkylation sites (N-methyl/N-ethyl adjacent to an activating group) is 1. The molecule has 0 N–H and O–H groups in total. The molecule has 0 aliphatic rings. The smallest absolute Gasteiger partial charge is 0.246 e. The van der Waals surface area contributed by atoms with Gasteiger partial charge in [-0.3, -0.25) is 9.48 Å². The van der Waals surface area contributed by atoms with Crippen molar-refractivity contribution in [1.29, 1.82) is 0 Å². The lowest BCUT2D eigenvalue weighted by Gasteiger charge is -2.21. The first-order valence-electron chi connectivity index (χ1n) is 6.35. The van der Waals surface area contributed by atoms with Gasteiger partial charge in [-0.1, -0.05) is 13.0 Å². The van der Waals surface area contributed by atoms with E-state index in [1.165, 1.54) is 0 Å². The van der Waals surface area contributed by atoms with Crippen molar-refractivity contribution in [2.24, 2.45) is 0 Å². The molecular formula is C14H19N3OS. The van der Waals surface area contributed by atoms with E-state index in [4.69, 9.17) is 0 Å². The van der Waals surface area contributed by atoms with Crippen molar-refractivity contribution >= 4 is 17.2 Å². The van der Waals surface area contributed by atoms with Crippen LogP contribution in [0.5, 0.6) is 0 Å². The van der Waals surface area contributed by atoms with Crippen LogP contribution >= 0.6 is 11.3 Å². The Morgan fingerprint density at radius 1 is 1.53 bits per heavy atom. The zero-order valence-corrected chi connectivity index (χ0v) is 12.6. The minimum Gasteiger partial charge on any atom is -0.347 e. The molecule has 19 heavy (non-hydrogen) atoms. The van der Waals surface area contributed by atoms with Crippen molar-refractivity contribution < 1.29 is 4.79 Å². The van der Waals surface area contributed by atoms with E-state index >= 15 is 0 Å². The molecule has 0 radical (unpaired) electrons. The molecule has 0 saturated heterocycles. The number of aryl methyl sites for hydroxylation is 1. The maximum atomic E-state index is 12.3. The molecule has 1 amide bonds. The van der Waals surface area contributed by atoms with Gasteiger partial charge in [-0.15, -0.1) is 11.3 Å². The standard InChI is InChI=1S/C14H19N3OS/c1-5-11(14(18)16(3)4)17-13(10(2)9-15-17)12-7-6-8-19-12/h6-9,11H,5H2,1-4H3. The Kier molecular flexibility index (Phi) is 4.04. The predicted molar refractivity (Wildman–Crippen MR) is 78.3 cm³/mol. The molecule has 2 aromatic heterocycles. The van der Waals surface area contributed by atoms with Crippen LogP contribution in [0, 0.1) is 6.92 Å². The molecular weight excluding hydrogens is 258 g/mol. The minimum atomic E-state index is -0.235. The van der Waals surface area contributed by atoms with E-state index in [1.54, 1.807) is 30.3 Å². The second-order valence-electron chi connectivity index (χ2n) is 4.75. The van der Waals surface area contributed by atoms with Crippen molar-refractivity contribution in [2.75, 3.05) is 14.1 Å². The number of rotatable bonds is 4. The molecule has 0 aliphatic heterocycles. The Labute approximate surface area is 117 Å². The van der Waals surface area contributed by atoms with Gasteiger partial charge in [0.25, 0.3) is 0 Å². The summed E-state index contributed by atoms with van der Waals surface area (Å²) in [5.41, 5.74) is 2.16. The molecule has 0 fully saturated rings. The minimum absolute atomic E-state index is 0.0865. The van der Waals surface area contributed by atoms with E-state index in [1.807, 2.05) is 36.2 Å². The lowest BCUT2D eigenvalue weighted by molar-refractivity contribution is -0.132. The van der Waals surface area contributed by atoms with Crippen molar-refractivity contribution in [3.05, 3.63) is 29.3 Å². The van der Waals surface area contributed by atoms with Gasteiger partial charge in [0.05, 0.1) is 16.8 Å². The molecule has 0 aliphatic carbocycles. The number of carbonyl (C=O) groups excluding carboxylic acids is 1. The lowest BCUT2D eigenvalue weighted by atomic mass is 10.1. The highest BCUT2D eigenvalue weighted by atomic mass is 32.1. The number of amides is 1. The van der Waals surface area contributed by atoms with Gasteiger partial charge in [0.15, 0.2) is 0 Å². The Morgan fingerprint density at radius 3 is 2.79 bits per heavy atom. The summed E-state index contributed by atoms with van der Waals surface area (Å²) in [4.78, 5) is 15.1. The van der Waals surface area contributed by atoms with E-state index in [-0.39, 0.29) is 11.9 Å². The molecule has 2 heterocycles. The maximum Gasteiger partial charge on any atom is 0.246 e. The van der Waals surface area contributed by atoms with Crippen molar-refractivity contribution in [2.45, 2.75) is 26.3 Å². The molecule has 5 heteroatoms. The van der Waals surface area contributed by atoms with E-state index in [9.17, 15) is 4.79 Å². The summed E-state index contributed by atoms with van der Waals surface area (Å²) in [7, 11) is 3.57. The number of nitrogens with zero attached hydrogens (tertiary/aromatic N) is 3. The summed E-state index contributed by atoms with van der Waals surface area (Å²) in [6.07, 6.45) is 2.57. The fourth-order valence-corrected chi connectivity index (χ4v) is 2.98. The third-order valence-corrected chi connectivity index (χ3v) is 4.02. The van der Waals surface area contributed by atoms with Crippen LogP contribution in [0.2, 0.25) is 0 Å². The Hall–Kier alpha value is -1.62. The number of aromatic nitrogens is 2. The van der Waals surface area contributed by atoms with Gasteiger partial charge in [0, 0.05) is 14.1 Å². The van der Waals surface area contributed by atoms with Crippen molar-refractivity contribution in [3.8, 4) is 10.6 Å². The van der Waals surface area contributed by atoms with Crippen LogP contribution in [0.25, 0.3) is 10.6 Å². The first-order valence-corrected chi connectivity index (χ1v) is 7.23. The fourth-order valence-electron chi connectivity index (χ4n) is 2.16. The number of thiophene rings is 1.